The molecule has 0 atom stereocenters. The van der Waals surface area contributed by atoms with Gasteiger partial charge in [-0.2, -0.15) is 4.98 Å². The number of ether oxygens (including phenoxy) is 3. The summed E-state index contributed by atoms with van der Waals surface area (Å²) in [7, 11) is 1.64. The van der Waals surface area contributed by atoms with E-state index in [0.717, 1.165) is 6.42 Å². The van der Waals surface area contributed by atoms with E-state index in [9.17, 15) is 0 Å². The Bertz CT molecular complexity index is 299. The highest BCUT2D eigenvalue weighted by molar-refractivity contribution is 6.29. The van der Waals surface area contributed by atoms with Crippen molar-refractivity contribution in [3.63, 3.8) is 0 Å². The van der Waals surface area contributed by atoms with Crippen molar-refractivity contribution in [2.45, 2.75) is 6.42 Å². The Morgan fingerprint density at radius 3 is 2.81 bits per heavy atom. The molecule has 0 radical (unpaired) electrons. The van der Waals surface area contributed by atoms with Gasteiger partial charge in [-0.15, -0.1) is 0 Å². The first kappa shape index (κ1) is 13.2. The van der Waals surface area contributed by atoms with E-state index in [0.29, 0.717) is 37.5 Å². The van der Waals surface area contributed by atoms with Crippen LogP contribution in [0.2, 0.25) is 5.15 Å². The fourth-order valence-electron chi connectivity index (χ4n) is 0.977. The van der Waals surface area contributed by atoms with E-state index in [1.54, 1.807) is 7.11 Å². The Morgan fingerprint density at radius 1 is 1.19 bits per heavy atom. The summed E-state index contributed by atoms with van der Waals surface area (Å²) < 4.78 is 15.4. The molecule has 0 unspecified atom stereocenters. The molecular weight excluding hydrogens is 232 g/mol. The van der Waals surface area contributed by atoms with Gasteiger partial charge < -0.3 is 14.2 Å². The minimum absolute atomic E-state index is 0.328. The Morgan fingerprint density at radius 2 is 2.06 bits per heavy atom. The predicted molar refractivity (Wildman–Crippen MR) is 59.8 cm³/mol. The summed E-state index contributed by atoms with van der Waals surface area (Å²) in [6, 6.07) is 0. The molecule has 6 heteroatoms. The maximum Gasteiger partial charge on any atom is 0.233 e. The molecule has 5 nitrogen and oxygen atoms in total. The molecule has 0 saturated heterocycles. The Hall–Kier alpha value is -0.910. The van der Waals surface area contributed by atoms with E-state index in [4.69, 9.17) is 25.8 Å². The predicted octanol–water partition coefficient (Wildman–Crippen LogP) is 1.56. The first-order valence-corrected chi connectivity index (χ1v) is 5.37. The first-order chi connectivity index (χ1) is 7.83. The third kappa shape index (κ3) is 5.85. The van der Waals surface area contributed by atoms with Crippen molar-refractivity contribution in [3.05, 3.63) is 17.5 Å². The lowest BCUT2D eigenvalue weighted by molar-refractivity contribution is 0.0642. The number of nitrogens with zero attached hydrogens (tertiary/aromatic N) is 2. The molecule has 16 heavy (non-hydrogen) atoms. The summed E-state index contributed by atoms with van der Waals surface area (Å²) in [5, 5.41) is 0.328. The first-order valence-electron chi connectivity index (χ1n) is 5.00. The minimum atomic E-state index is 0.328. The smallest absolute Gasteiger partial charge is 0.233 e. The molecule has 1 aromatic rings. The summed E-state index contributed by atoms with van der Waals surface area (Å²) >= 11 is 5.65. The number of aromatic nitrogens is 2. The topological polar surface area (TPSA) is 53.5 Å². The van der Waals surface area contributed by atoms with Crippen LogP contribution in [0.3, 0.4) is 0 Å². The Kier molecular flexibility index (Phi) is 6.80. The average molecular weight is 247 g/mol. The molecule has 1 aromatic heterocycles. The zero-order chi connectivity index (χ0) is 11.6. The third-order valence-corrected chi connectivity index (χ3v) is 1.88. The second-order valence-electron chi connectivity index (χ2n) is 2.99. The fourth-order valence-corrected chi connectivity index (χ4v) is 1.12. The summed E-state index contributed by atoms with van der Waals surface area (Å²) in [6.45, 7) is 2.38. The molecule has 1 heterocycles. The fraction of sp³-hybridized carbons (Fsp3) is 0.600. The maximum absolute atomic E-state index is 5.65. The van der Waals surface area contributed by atoms with Gasteiger partial charge in [-0.25, -0.2) is 0 Å². The van der Waals surface area contributed by atoms with Crippen LogP contribution in [-0.4, -0.2) is 43.5 Å². The van der Waals surface area contributed by atoms with Gasteiger partial charge in [0, 0.05) is 20.1 Å². The van der Waals surface area contributed by atoms with E-state index in [1.165, 1.54) is 12.4 Å². The lowest BCUT2D eigenvalue weighted by Crippen LogP contribution is -2.07. The Labute approximate surface area is 99.7 Å². The monoisotopic (exact) mass is 246 g/mol. The van der Waals surface area contributed by atoms with Gasteiger partial charge in [-0.3, -0.25) is 4.98 Å². The van der Waals surface area contributed by atoms with Gasteiger partial charge in [-0.05, 0) is 0 Å². The maximum atomic E-state index is 5.65. The molecule has 0 aliphatic rings. The number of methoxy groups -OCH3 is 1. The molecule has 0 N–H and O–H groups in total. The SMILES string of the molecule is COCCOCCCOc1cncc(Cl)n1. The van der Waals surface area contributed by atoms with Crippen molar-refractivity contribution in [2.24, 2.45) is 0 Å². The van der Waals surface area contributed by atoms with Gasteiger partial charge in [0.2, 0.25) is 5.88 Å². The van der Waals surface area contributed by atoms with Crippen molar-refractivity contribution in [2.75, 3.05) is 33.5 Å². The normalized spacial score (nSPS) is 10.4. The van der Waals surface area contributed by atoms with Crippen molar-refractivity contribution in [1.82, 2.24) is 9.97 Å². The van der Waals surface area contributed by atoms with Crippen LogP contribution in [0.15, 0.2) is 12.4 Å². The van der Waals surface area contributed by atoms with Crippen LogP contribution in [0.25, 0.3) is 0 Å². The number of halogens is 1. The molecule has 0 amide bonds. The summed E-state index contributed by atoms with van der Waals surface area (Å²) in [5.74, 6) is 0.435. The van der Waals surface area contributed by atoms with Crippen LogP contribution in [0, 0.1) is 0 Å². The second kappa shape index (κ2) is 8.27. The number of hydrogen-bond donors (Lipinski definition) is 0. The Balaban J connectivity index is 2.03. The van der Waals surface area contributed by atoms with Crippen LogP contribution >= 0.6 is 11.6 Å². The van der Waals surface area contributed by atoms with Crippen LogP contribution in [-0.2, 0) is 9.47 Å². The van der Waals surface area contributed by atoms with E-state index < -0.39 is 0 Å². The molecule has 0 aliphatic heterocycles. The number of rotatable bonds is 8. The van der Waals surface area contributed by atoms with Gasteiger partial charge in [0.25, 0.3) is 0 Å². The molecule has 0 aliphatic carbocycles. The largest absolute Gasteiger partial charge is 0.476 e. The van der Waals surface area contributed by atoms with Crippen LogP contribution in [0.4, 0.5) is 0 Å². The van der Waals surface area contributed by atoms with Crippen molar-refractivity contribution >= 4 is 11.6 Å². The van der Waals surface area contributed by atoms with Crippen molar-refractivity contribution < 1.29 is 14.2 Å². The standard InChI is InChI=1S/C10H15ClN2O3/c1-14-5-6-15-3-2-4-16-10-8-12-7-9(11)13-10/h7-8H,2-6H2,1H3. The summed E-state index contributed by atoms with van der Waals surface area (Å²) in [6.07, 6.45) is 3.78. The van der Waals surface area contributed by atoms with Crippen LogP contribution in [0.5, 0.6) is 5.88 Å². The highest BCUT2D eigenvalue weighted by Crippen LogP contribution is 2.08. The quantitative estimate of drug-likeness (QED) is 0.652. The van der Waals surface area contributed by atoms with E-state index in [1.807, 2.05) is 0 Å². The second-order valence-corrected chi connectivity index (χ2v) is 3.37. The molecule has 0 aromatic carbocycles. The van der Waals surface area contributed by atoms with Gasteiger partial charge in [0.1, 0.15) is 0 Å². The summed E-state index contributed by atoms with van der Waals surface area (Å²) in [5.41, 5.74) is 0. The molecule has 0 fully saturated rings. The van der Waals surface area contributed by atoms with Crippen LogP contribution in [0.1, 0.15) is 6.42 Å². The lowest BCUT2D eigenvalue weighted by Gasteiger charge is -2.05. The average Bonchev–Trinajstić information content (AvgIpc) is 2.28. The molecule has 1 rings (SSSR count). The molecular formula is C10H15ClN2O3. The van der Waals surface area contributed by atoms with E-state index in [-0.39, 0.29) is 0 Å². The molecule has 0 bridgehead atoms. The van der Waals surface area contributed by atoms with Crippen LogP contribution < -0.4 is 4.74 Å². The van der Waals surface area contributed by atoms with E-state index >= 15 is 0 Å². The molecule has 90 valence electrons. The zero-order valence-electron chi connectivity index (χ0n) is 9.19. The van der Waals surface area contributed by atoms with Gasteiger partial charge in [-0.1, -0.05) is 11.6 Å². The van der Waals surface area contributed by atoms with Gasteiger partial charge in [0.15, 0.2) is 5.15 Å². The highest BCUT2D eigenvalue weighted by Gasteiger charge is 1.97. The molecule has 0 spiro atoms. The lowest BCUT2D eigenvalue weighted by atomic mass is 10.5. The van der Waals surface area contributed by atoms with Gasteiger partial charge >= 0.3 is 0 Å². The highest BCUT2D eigenvalue weighted by atomic mass is 35.5. The minimum Gasteiger partial charge on any atom is -0.476 e. The zero-order valence-corrected chi connectivity index (χ0v) is 9.94. The van der Waals surface area contributed by atoms with E-state index in [2.05, 4.69) is 9.97 Å². The summed E-state index contributed by atoms with van der Waals surface area (Å²) in [4.78, 5) is 7.80. The van der Waals surface area contributed by atoms with Crippen molar-refractivity contribution in [3.8, 4) is 5.88 Å². The van der Waals surface area contributed by atoms with Gasteiger partial charge in [0.05, 0.1) is 32.2 Å². The molecule has 0 saturated carbocycles. The number of hydrogen-bond acceptors (Lipinski definition) is 5. The third-order valence-electron chi connectivity index (χ3n) is 1.70. The van der Waals surface area contributed by atoms with Crippen molar-refractivity contribution in [1.29, 1.82) is 0 Å².